The SMILES string of the molecule is Cc1cc(C[S@](=O)[C@H](C)C(=O)NC2CCCC2)on1. The molecule has 0 radical (unpaired) electrons. The van der Waals surface area contributed by atoms with Crippen molar-refractivity contribution in [3.63, 3.8) is 0 Å². The van der Waals surface area contributed by atoms with Crippen LogP contribution in [0.15, 0.2) is 10.6 Å². The predicted octanol–water partition coefficient (Wildman–Crippen LogP) is 1.68. The third-order valence-corrected chi connectivity index (χ3v) is 5.00. The van der Waals surface area contributed by atoms with Gasteiger partial charge in [0.05, 0.1) is 11.4 Å². The number of nitrogens with one attached hydrogen (secondary N) is 1. The zero-order valence-electron chi connectivity index (χ0n) is 11.3. The summed E-state index contributed by atoms with van der Waals surface area (Å²) >= 11 is 0. The number of hydrogen-bond acceptors (Lipinski definition) is 4. The third-order valence-electron chi connectivity index (χ3n) is 3.43. The van der Waals surface area contributed by atoms with Crippen LogP contribution in [0.1, 0.15) is 44.1 Å². The molecular formula is C13H20N2O3S. The fourth-order valence-corrected chi connectivity index (χ4v) is 3.23. The molecule has 5 nitrogen and oxygen atoms in total. The molecule has 1 aromatic heterocycles. The molecule has 0 aromatic carbocycles. The number of carbonyl (C=O) groups is 1. The topological polar surface area (TPSA) is 72.2 Å². The molecular weight excluding hydrogens is 264 g/mol. The zero-order valence-corrected chi connectivity index (χ0v) is 12.2. The summed E-state index contributed by atoms with van der Waals surface area (Å²) in [5, 5.41) is 6.20. The van der Waals surface area contributed by atoms with E-state index in [1.807, 2.05) is 6.92 Å². The Morgan fingerprint density at radius 3 is 2.84 bits per heavy atom. The summed E-state index contributed by atoms with van der Waals surface area (Å²) in [6.07, 6.45) is 4.40. The summed E-state index contributed by atoms with van der Waals surface area (Å²) in [6, 6.07) is 2.01. The number of aryl methyl sites for hydroxylation is 1. The molecule has 0 bridgehead atoms. The average molecular weight is 284 g/mol. The van der Waals surface area contributed by atoms with Crippen LogP contribution in [0, 0.1) is 6.92 Å². The highest BCUT2D eigenvalue weighted by Gasteiger charge is 2.25. The summed E-state index contributed by atoms with van der Waals surface area (Å²) < 4.78 is 17.1. The second-order valence-electron chi connectivity index (χ2n) is 5.09. The summed E-state index contributed by atoms with van der Waals surface area (Å²) in [4.78, 5) is 12.0. The van der Waals surface area contributed by atoms with Crippen LogP contribution in [0.5, 0.6) is 0 Å². The van der Waals surface area contributed by atoms with E-state index in [4.69, 9.17) is 4.52 Å². The van der Waals surface area contributed by atoms with Crippen molar-refractivity contribution in [3.8, 4) is 0 Å². The van der Waals surface area contributed by atoms with Gasteiger partial charge in [-0.1, -0.05) is 18.0 Å². The van der Waals surface area contributed by atoms with Gasteiger partial charge >= 0.3 is 0 Å². The molecule has 0 aliphatic heterocycles. The van der Waals surface area contributed by atoms with Crippen LogP contribution in [-0.2, 0) is 21.3 Å². The molecule has 1 amide bonds. The third kappa shape index (κ3) is 3.89. The molecule has 1 aliphatic carbocycles. The van der Waals surface area contributed by atoms with Crippen molar-refractivity contribution >= 4 is 16.7 Å². The van der Waals surface area contributed by atoms with Crippen molar-refractivity contribution in [1.29, 1.82) is 0 Å². The van der Waals surface area contributed by atoms with Gasteiger partial charge in [-0.3, -0.25) is 9.00 Å². The van der Waals surface area contributed by atoms with E-state index in [2.05, 4.69) is 10.5 Å². The molecule has 106 valence electrons. The second-order valence-corrected chi connectivity index (χ2v) is 6.85. The lowest BCUT2D eigenvalue weighted by Crippen LogP contribution is -2.40. The molecule has 2 atom stereocenters. The summed E-state index contributed by atoms with van der Waals surface area (Å²) in [6.45, 7) is 3.51. The largest absolute Gasteiger partial charge is 0.360 e. The van der Waals surface area contributed by atoms with Crippen LogP contribution in [0.2, 0.25) is 0 Å². The van der Waals surface area contributed by atoms with Crippen LogP contribution in [0.3, 0.4) is 0 Å². The Morgan fingerprint density at radius 1 is 1.58 bits per heavy atom. The normalized spacial score (nSPS) is 19.3. The minimum absolute atomic E-state index is 0.124. The maximum absolute atomic E-state index is 12.1. The van der Waals surface area contributed by atoms with E-state index >= 15 is 0 Å². The molecule has 1 saturated carbocycles. The van der Waals surface area contributed by atoms with Crippen LogP contribution in [0.4, 0.5) is 0 Å². The lowest BCUT2D eigenvalue weighted by atomic mass is 10.2. The molecule has 2 rings (SSSR count). The Kier molecular flexibility index (Phi) is 4.74. The van der Waals surface area contributed by atoms with Crippen molar-refractivity contribution in [1.82, 2.24) is 10.5 Å². The fraction of sp³-hybridized carbons (Fsp3) is 0.692. The first-order valence-electron chi connectivity index (χ1n) is 6.66. The highest BCUT2D eigenvalue weighted by Crippen LogP contribution is 2.18. The van der Waals surface area contributed by atoms with Crippen LogP contribution in [0.25, 0.3) is 0 Å². The molecule has 0 unspecified atom stereocenters. The van der Waals surface area contributed by atoms with Gasteiger partial charge < -0.3 is 9.84 Å². The van der Waals surface area contributed by atoms with Crippen molar-refractivity contribution in [3.05, 3.63) is 17.5 Å². The average Bonchev–Trinajstić information content (AvgIpc) is 3.00. The van der Waals surface area contributed by atoms with E-state index in [0.717, 1.165) is 18.5 Å². The van der Waals surface area contributed by atoms with E-state index in [1.54, 1.807) is 13.0 Å². The Balaban J connectivity index is 1.85. The Morgan fingerprint density at radius 2 is 2.26 bits per heavy atom. The van der Waals surface area contributed by atoms with Crippen molar-refractivity contribution < 1.29 is 13.5 Å². The Bertz CT molecular complexity index is 466. The van der Waals surface area contributed by atoms with Gasteiger partial charge in [0, 0.05) is 22.9 Å². The molecule has 6 heteroatoms. The minimum atomic E-state index is -1.28. The van der Waals surface area contributed by atoms with Crippen LogP contribution >= 0.6 is 0 Å². The highest BCUT2D eigenvalue weighted by atomic mass is 32.2. The molecule has 19 heavy (non-hydrogen) atoms. The van der Waals surface area contributed by atoms with Crippen LogP contribution < -0.4 is 5.32 Å². The monoisotopic (exact) mass is 284 g/mol. The number of aromatic nitrogens is 1. The van der Waals surface area contributed by atoms with Gasteiger partial charge in [-0.2, -0.15) is 0 Å². The lowest BCUT2D eigenvalue weighted by molar-refractivity contribution is -0.121. The summed E-state index contributed by atoms with van der Waals surface area (Å²) in [7, 11) is -1.28. The van der Waals surface area contributed by atoms with Gasteiger partial charge in [-0.25, -0.2) is 0 Å². The van der Waals surface area contributed by atoms with Gasteiger partial charge in [-0.15, -0.1) is 0 Å². The van der Waals surface area contributed by atoms with Crippen molar-refractivity contribution in [2.75, 3.05) is 0 Å². The molecule has 1 aromatic rings. The Hall–Kier alpha value is -1.17. The van der Waals surface area contributed by atoms with E-state index in [1.165, 1.54) is 12.8 Å². The molecule has 1 heterocycles. The lowest BCUT2D eigenvalue weighted by Gasteiger charge is -2.15. The van der Waals surface area contributed by atoms with E-state index in [-0.39, 0.29) is 17.7 Å². The van der Waals surface area contributed by atoms with E-state index in [0.29, 0.717) is 5.76 Å². The fourth-order valence-electron chi connectivity index (χ4n) is 2.26. The number of nitrogens with zero attached hydrogens (tertiary/aromatic N) is 1. The van der Waals surface area contributed by atoms with Gasteiger partial charge in [0.15, 0.2) is 0 Å². The summed E-state index contributed by atoms with van der Waals surface area (Å²) in [5.41, 5.74) is 0.759. The maximum atomic E-state index is 12.1. The number of rotatable bonds is 5. The predicted molar refractivity (Wildman–Crippen MR) is 72.9 cm³/mol. The quantitative estimate of drug-likeness (QED) is 0.893. The van der Waals surface area contributed by atoms with Gasteiger partial charge in [-0.05, 0) is 26.7 Å². The smallest absolute Gasteiger partial charge is 0.235 e. The molecule has 1 aliphatic rings. The van der Waals surface area contributed by atoms with E-state index < -0.39 is 16.0 Å². The summed E-state index contributed by atoms with van der Waals surface area (Å²) in [5.74, 6) is 0.679. The molecule has 1 N–H and O–H groups in total. The first-order valence-corrected chi connectivity index (χ1v) is 8.04. The molecule has 0 spiro atoms. The first kappa shape index (κ1) is 14.2. The van der Waals surface area contributed by atoms with Crippen molar-refractivity contribution in [2.24, 2.45) is 0 Å². The van der Waals surface area contributed by atoms with E-state index in [9.17, 15) is 9.00 Å². The maximum Gasteiger partial charge on any atom is 0.235 e. The highest BCUT2D eigenvalue weighted by molar-refractivity contribution is 7.85. The van der Waals surface area contributed by atoms with Gasteiger partial charge in [0.25, 0.3) is 0 Å². The standard InChI is InChI=1S/C13H20N2O3S/c1-9-7-12(18-15-9)8-19(17)10(2)13(16)14-11-5-3-4-6-11/h7,10-11H,3-6,8H2,1-2H3,(H,14,16)/t10-,19+/m1/s1. The molecule has 1 fully saturated rings. The minimum Gasteiger partial charge on any atom is -0.360 e. The Labute approximate surface area is 115 Å². The number of hydrogen-bond donors (Lipinski definition) is 1. The second kappa shape index (κ2) is 6.32. The van der Waals surface area contributed by atoms with Crippen molar-refractivity contribution in [2.45, 2.75) is 56.6 Å². The van der Waals surface area contributed by atoms with Crippen LogP contribution in [-0.4, -0.2) is 26.6 Å². The first-order chi connectivity index (χ1) is 9.06. The number of amides is 1. The van der Waals surface area contributed by atoms with Gasteiger partial charge in [0.2, 0.25) is 5.91 Å². The van der Waals surface area contributed by atoms with Gasteiger partial charge in [0.1, 0.15) is 11.0 Å². The molecule has 0 saturated heterocycles. The zero-order chi connectivity index (χ0) is 13.8. The number of carbonyl (C=O) groups excluding carboxylic acids is 1.